The lowest BCUT2D eigenvalue weighted by Crippen LogP contribution is -2.39. The lowest BCUT2D eigenvalue weighted by Gasteiger charge is -2.30. The molecule has 0 unspecified atom stereocenters. The van der Waals surface area contributed by atoms with Crippen molar-refractivity contribution in [1.29, 1.82) is 0 Å². The minimum absolute atomic E-state index is 0.00827. The van der Waals surface area contributed by atoms with Gasteiger partial charge in [0.25, 0.3) is 0 Å². The molecule has 1 fully saturated rings. The topological polar surface area (TPSA) is 53.9 Å². The van der Waals surface area contributed by atoms with Gasteiger partial charge in [0, 0.05) is 17.5 Å². The first-order chi connectivity index (χ1) is 13.1. The van der Waals surface area contributed by atoms with E-state index in [0.29, 0.717) is 0 Å². The highest BCUT2D eigenvalue weighted by Crippen LogP contribution is 2.20. The standard InChI is InChI=1S/C21H24ClN3O2/c1-27-20-4-2-3-17(13-20)14-23-24-21(26)18-9-11-25(12-10-18)15-16-5-7-19(22)8-6-16/h2-8,13-14,18H,9-12,15H2,1H3,(H,24,26). The van der Waals surface area contributed by atoms with Crippen LogP contribution in [0, 0.1) is 5.92 Å². The molecule has 3 rings (SSSR count). The molecule has 2 aromatic carbocycles. The summed E-state index contributed by atoms with van der Waals surface area (Å²) in [5.41, 5.74) is 4.79. The van der Waals surface area contributed by atoms with Crippen molar-refractivity contribution in [3.63, 3.8) is 0 Å². The third kappa shape index (κ3) is 5.81. The molecule has 0 saturated carbocycles. The second kappa shape index (κ2) is 9.53. The molecule has 1 heterocycles. The van der Waals surface area contributed by atoms with Crippen molar-refractivity contribution in [2.24, 2.45) is 11.0 Å². The minimum atomic E-state index is -0.0136. The molecule has 0 radical (unpaired) electrons. The van der Waals surface area contributed by atoms with E-state index < -0.39 is 0 Å². The summed E-state index contributed by atoms with van der Waals surface area (Å²) in [5.74, 6) is 0.757. The van der Waals surface area contributed by atoms with Gasteiger partial charge in [0.05, 0.1) is 13.3 Å². The number of carbonyl (C=O) groups excluding carboxylic acids is 1. The molecule has 0 aromatic heterocycles. The largest absolute Gasteiger partial charge is 0.497 e. The first kappa shape index (κ1) is 19.4. The zero-order valence-electron chi connectivity index (χ0n) is 15.4. The van der Waals surface area contributed by atoms with Crippen LogP contribution in [0.4, 0.5) is 0 Å². The van der Waals surface area contributed by atoms with Crippen LogP contribution < -0.4 is 10.2 Å². The number of halogens is 1. The minimum Gasteiger partial charge on any atom is -0.497 e. The zero-order valence-corrected chi connectivity index (χ0v) is 16.2. The van der Waals surface area contributed by atoms with Gasteiger partial charge in [-0.3, -0.25) is 9.69 Å². The normalized spacial score (nSPS) is 15.8. The Bertz CT molecular complexity index is 784. The summed E-state index contributed by atoms with van der Waals surface area (Å²) >= 11 is 5.93. The Hall–Kier alpha value is -2.37. The smallest absolute Gasteiger partial charge is 0.243 e. The fourth-order valence-electron chi connectivity index (χ4n) is 3.18. The molecular formula is C21H24ClN3O2. The first-order valence-corrected chi connectivity index (χ1v) is 9.45. The predicted octanol–water partition coefficient (Wildman–Crippen LogP) is 3.71. The molecule has 142 valence electrons. The van der Waals surface area contributed by atoms with Gasteiger partial charge in [-0.05, 0) is 61.3 Å². The maximum Gasteiger partial charge on any atom is 0.243 e. The number of benzene rings is 2. The highest BCUT2D eigenvalue weighted by molar-refractivity contribution is 6.30. The molecule has 2 aromatic rings. The van der Waals surface area contributed by atoms with E-state index >= 15 is 0 Å². The Morgan fingerprint density at radius 1 is 1.26 bits per heavy atom. The summed E-state index contributed by atoms with van der Waals surface area (Å²) in [6.07, 6.45) is 3.32. The first-order valence-electron chi connectivity index (χ1n) is 9.08. The van der Waals surface area contributed by atoms with Gasteiger partial charge < -0.3 is 4.74 Å². The molecule has 0 aliphatic carbocycles. The van der Waals surface area contributed by atoms with Crippen LogP contribution in [0.5, 0.6) is 5.75 Å². The number of hydrogen-bond donors (Lipinski definition) is 1. The van der Waals surface area contributed by atoms with Crippen LogP contribution in [0.25, 0.3) is 0 Å². The molecule has 6 heteroatoms. The van der Waals surface area contributed by atoms with Gasteiger partial charge in [-0.15, -0.1) is 0 Å². The molecule has 1 aliphatic rings. The van der Waals surface area contributed by atoms with E-state index in [2.05, 4.69) is 27.6 Å². The lowest BCUT2D eigenvalue weighted by atomic mass is 9.96. The Morgan fingerprint density at radius 3 is 2.70 bits per heavy atom. The number of likely N-dealkylation sites (tertiary alicyclic amines) is 1. The van der Waals surface area contributed by atoms with E-state index in [1.807, 2.05) is 36.4 Å². The summed E-state index contributed by atoms with van der Waals surface area (Å²) in [5, 5.41) is 4.83. The van der Waals surface area contributed by atoms with E-state index in [4.69, 9.17) is 16.3 Å². The SMILES string of the molecule is COc1cccc(C=NNC(=O)C2CCN(Cc3ccc(Cl)cc3)CC2)c1. The summed E-state index contributed by atoms with van der Waals surface area (Å²) in [6.45, 7) is 2.69. The fourth-order valence-corrected chi connectivity index (χ4v) is 3.31. The number of nitrogens with zero attached hydrogens (tertiary/aromatic N) is 2. The van der Waals surface area contributed by atoms with Gasteiger partial charge in [0.1, 0.15) is 5.75 Å². The van der Waals surface area contributed by atoms with Crippen molar-refractivity contribution >= 4 is 23.7 Å². The number of methoxy groups -OCH3 is 1. The maximum atomic E-state index is 12.3. The molecule has 0 atom stereocenters. The molecular weight excluding hydrogens is 362 g/mol. The van der Waals surface area contributed by atoms with Crippen molar-refractivity contribution in [2.45, 2.75) is 19.4 Å². The average molecular weight is 386 g/mol. The van der Waals surface area contributed by atoms with Crippen LogP contribution >= 0.6 is 11.6 Å². The number of carbonyl (C=O) groups is 1. The number of ether oxygens (including phenoxy) is 1. The van der Waals surface area contributed by atoms with Crippen molar-refractivity contribution in [2.75, 3.05) is 20.2 Å². The van der Waals surface area contributed by atoms with Crippen molar-refractivity contribution < 1.29 is 9.53 Å². The van der Waals surface area contributed by atoms with E-state index in [1.165, 1.54) is 5.56 Å². The summed E-state index contributed by atoms with van der Waals surface area (Å²) in [6, 6.07) is 15.5. The van der Waals surface area contributed by atoms with Crippen molar-refractivity contribution in [3.8, 4) is 5.75 Å². The van der Waals surface area contributed by atoms with Crippen LogP contribution in [0.2, 0.25) is 5.02 Å². The van der Waals surface area contributed by atoms with Crippen LogP contribution in [0.15, 0.2) is 53.6 Å². The molecule has 1 aliphatic heterocycles. The molecule has 0 spiro atoms. The van der Waals surface area contributed by atoms with E-state index in [-0.39, 0.29) is 11.8 Å². The molecule has 27 heavy (non-hydrogen) atoms. The second-order valence-corrected chi connectivity index (χ2v) is 7.12. The van der Waals surface area contributed by atoms with Gasteiger partial charge in [0.2, 0.25) is 5.91 Å². The Labute approximate surface area is 165 Å². The van der Waals surface area contributed by atoms with Crippen molar-refractivity contribution in [3.05, 3.63) is 64.7 Å². The molecule has 1 amide bonds. The quantitative estimate of drug-likeness (QED) is 0.609. The number of rotatable bonds is 6. The van der Waals surface area contributed by atoms with E-state index in [1.54, 1.807) is 13.3 Å². The molecule has 5 nitrogen and oxygen atoms in total. The summed E-state index contributed by atoms with van der Waals surface area (Å²) in [7, 11) is 1.62. The van der Waals surface area contributed by atoms with E-state index in [0.717, 1.165) is 48.8 Å². The Morgan fingerprint density at radius 2 is 2.00 bits per heavy atom. The number of nitrogens with one attached hydrogen (secondary N) is 1. The monoisotopic (exact) mass is 385 g/mol. The van der Waals surface area contributed by atoms with Crippen LogP contribution in [0.1, 0.15) is 24.0 Å². The van der Waals surface area contributed by atoms with Gasteiger partial charge in [-0.2, -0.15) is 5.10 Å². The molecule has 1 saturated heterocycles. The molecule has 0 bridgehead atoms. The number of hydrazone groups is 1. The number of hydrogen-bond acceptors (Lipinski definition) is 4. The van der Waals surface area contributed by atoms with Gasteiger partial charge >= 0.3 is 0 Å². The van der Waals surface area contributed by atoms with Gasteiger partial charge in [-0.1, -0.05) is 35.9 Å². The van der Waals surface area contributed by atoms with Gasteiger partial charge in [0.15, 0.2) is 0 Å². The van der Waals surface area contributed by atoms with Crippen molar-refractivity contribution in [1.82, 2.24) is 10.3 Å². The third-order valence-electron chi connectivity index (χ3n) is 4.76. The lowest BCUT2D eigenvalue weighted by molar-refractivity contribution is -0.126. The number of amides is 1. The highest BCUT2D eigenvalue weighted by atomic mass is 35.5. The average Bonchev–Trinajstić information content (AvgIpc) is 2.70. The highest BCUT2D eigenvalue weighted by Gasteiger charge is 2.24. The second-order valence-electron chi connectivity index (χ2n) is 6.69. The number of piperidine rings is 1. The summed E-state index contributed by atoms with van der Waals surface area (Å²) in [4.78, 5) is 14.7. The Kier molecular flexibility index (Phi) is 6.85. The predicted molar refractivity (Wildman–Crippen MR) is 108 cm³/mol. The van der Waals surface area contributed by atoms with Crippen LogP contribution in [0.3, 0.4) is 0 Å². The summed E-state index contributed by atoms with van der Waals surface area (Å²) < 4.78 is 5.18. The Balaban J connectivity index is 1.44. The third-order valence-corrected chi connectivity index (χ3v) is 5.01. The molecule has 1 N–H and O–H groups in total. The van der Waals surface area contributed by atoms with Gasteiger partial charge in [-0.25, -0.2) is 5.43 Å². The zero-order chi connectivity index (χ0) is 19.1. The van der Waals surface area contributed by atoms with E-state index in [9.17, 15) is 4.79 Å². The fraction of sp³-hybridized carbons (Fsp3) is 0.333. The maximum absolute atomic E-state index is 12.3. The van der Waals surface area contributed by atoms with Crippen LogP contribution in [-0.2, 0) is 11.3 Å². The van der Waals surface area contributed by atoms with Crippen LogP contribution in [-0.4, -0.2) is 37.2 Å².